The van der Waals surface area contributed by atoms with Gasteiger partial charge in [0.15, 0.2) is 0 Å². The molecule has 0 spiro atoms. The van der Waals surface area contributed by atoms with Crippen LogP contribution < -0.4 is 9.80 Å². The number of carbonyl (C=O) groups excluding carboxylic acids is 4. The summed E-state index contributed by atoms with van der Waals surface area (Å²) in [4.78, 5) is 56.5. The van der Waals surface area contributed by atoms with Crippen LogP contribution in [-0.2, 0) is 19.1 Å². The monoisotopic (exact) mass is 594 g/mol. The van der Waals surface area contributed by atoms with Crippen molar-refractivity contribution in [2.75, 3.05) is 9.80 Å². The Morgan fingerprint density at radius 1 is 0.684 bits per heavy atom. The molecule has 2 aliphatic rings. The van der Waals surface area contributed by atoms with Crippen molar-refractivity contribution in [2.45, 2.75) is 62.5 Å². The van der Waals surface area contributed by atoms with E-state index in [0.29, 0.717) is 19.8 Å². The van der Waals surface area contributed by atoms with Crippen LogP contribution in [0.1, 0.15) is 41.5 Å². The summed E-state index contributed by atoms with van der Waals surface area (Å²) in [6.07, 6.45) is -1.82. The maximum atomic E-state index is 13.8. The van der Waals surface area contributed by atoms with Crippen LogP contribution in [0.15, 0.2) is 56.0 Å². The highest BCUT2D eigenvalue weighted by Gasteiger charge is 2.44. The van der Waals surface area contributed by atoms with E-state index in [4.69, 9.17) is 32.7 Å². The summed E-state index contributed by atoms with van der Waals surface area (Å²) in [5, 5.41) is 0.739. The maximum Gasteiger partial charge on any atom is 0.422 e. The summed E-state index contributed by atoms with van der Waals surface area (Å²) < 4.78 is 11.0. The van der Waals surface area contributed by atoms with Crippen LogP contribution in [-0.4, -0.2) is 35.2 Å². The van der Waals surface area contributed by atoms with Gasteiger partial charge in [-0.25, -0.2) is 19.4 Å². The van der Waals surface area contributed by atoms with Gasteiger partial charge in [-0.05, 0) is 77.9 Å². The molecule has 0 aliphatic carbocycles. The number of carbonyl (C=O) groups is 4. The summed E-state index contributed by atoms with van der Waals surface area (Å²) in [6, 6.07) is 9.33. The molecule has 12 heteroatoms. The molecule has 2 heterocycles. The van der Waals surface area contributed by atoms with Crippen LogP contribution in [0.2, 0.25) is 10.0 Å². The average Bonchev–Trinajstić information content (AvgIpc) is 2.76. The minimum atomic E-state index is -0.912. The minimum absolute atomic E-state index is 0.0696. The van der Waals surface area contributed by atoms with Crippen molar-refractivity contribution < 1.29 is 28.7 Å². The molecule has 2 aromatic rings. The van der Waals surface area contributed by atoms with Gasteiger partial charge in [0.1, 0.15) is 11.2 Å². The number of hydrogen-bond acceptors (Lipinski definition) is 8. The molecule has 0 unspecified atom stereocenters. The van der Waals surface area contributed by atoms with Crippen molar-refractivity contribution >= 4 is 82.1 Å². The summed E-state index contributed by atoms with van der Waals surface area (Å²) in [7, 11) is 0. The number of halogens is 2. The fourth-order valence-electron chi connectivity index (χ4n) is 3.50. The Labute approximate surface area is 238 Å². The summed E-state index contributed by atoms with van der Waals surface area (Å²) in [5.41, 5.74) is -1.24. The van der Waals surface area contributed by atoms with Gasteiger partial charge < -0.3 is 9.47 Å². The van der Waals surface area contributed by atoms with Crippen LogP contribution in [0.3, 0.4) is 0 Å². The van der Waals surface area contributed by atoms with Crippen LogP contribution in [0.5, 0.6) is 0 Å². The molecular formula is C26H24Cl2N2O6S2. The number of anilines is 2. The molecule has 8 nitrogen and oxygen atoms in total. The summed E-state index contributed by atoms with van der Waals surface area (Å²) >= 11 is 14.4. The summed E-state index contributed by atoms with van der Waals surface area (Å²) in [5.74, 6) is -1.55. The Balaban J connectivity index is 1.89. The molecule has 0 bridgehead atoms. The smallest absolute Gasteiger partial charge is 0.422 e. The molecule has 200 valence electrons. The average molecular weight is 596 g/mol. The quantitative estimate of drug-likeness (QED) is 0.287. The second-order valence-corrected chi connectivity index (χ2v) is 13.3. The SMILES string of the molecule is CC(C)(C)OC(=O)N1C(=O)/C(=C2\Sc3cc(Cl)ccc3N(C(=O)OC(C)(C)C)C2=O)Sc2cc(Cl)ccc21. The fourth-order valence-corrected chi connectivity index (χ4v) is 6.28. The van der Waals surface area contributed by atoms with E-state index >= 15 is 0 Å². The predicted octanol–water partition coefficient (Wildman–Crippen LogP) is 7.65. The van der Waals surface area contributed by atoms with E-state index in [1.807, 2.05) is 0 Å². The lowest BCUT2D eigenvalue weighted by Gasteiger charge is -2.34. The Kier molecular flexibility index (Phi) is 7.57. The molecule has 0 saturated heterocycles. The van der Waals surface area contributed by atoms with Crippen molar-refractivity contribution in [1.82, 2.24) is 0 Å². The van der Waals surface area contributed by atoms with Crippen LogP contribution in [0.4, 0.5) is 21.0 Å². The highest BCUT2D eigenvalue weighted by molar-refractivity contribution is 8.08. The molecule has 4 amide bonds. The minimum Gasteiger partial charge on any atom is -0.443 e. The fraction of sp³-hybridized carbons (Fsp3) is 0.308. The van der Waals surface area contributed by atoms with E-state index in [9.17, 15) is 19.2 Å². The van der Waals surface area contributed by atoms with Crippen molar-refractivity contribution in [3.8, 4) is 0 Å². The van der Waals surface area contributed by atoms with Gasteiger partial charge in [0, 0.05) is 19.8 Å². The molecule has 38 heavy (non-hydrogen) atoms. The summed E-state index contributed by atoms with van der Waals surface area (Å²) in [6.45, 7) is 10.1. The molecule has 0 fully saturated rings. The number of benzene rings is 2. The van der Waals surface area contributed by atoms with Crippen LogP contribution in [0.25, 0.3) is 0 Å². The van der Waals surface area contributed by atoms with Crippen molar-refractivity contribution in [2.24, 2.45) is 0 Å². The van der Waals surface area contributed by atoms with Crippen LogP contribution >= 0.6 is 46.7 Å². The molecule has 2 aromatic carbocycles. The lowest BCUT2D eigenvalue weighted by Crippen LogP contribution is -2.46. The van der Waals surface area contributed by atoms with Crippen LogP contribution in [0, 0.1) is 0 Å². The second-order valence-electron chi connectivity index (χ2n) is 10.3. The molecule has 0 aromatic heterocycles. The number of amides is 4. The zero-order valence-electron chi connectivity index (χ0n) is 21.4. The third-order valence-electron chi connectivity index (χ3n) is 4.90. The Bertz CT molecular complexity index is 1310. The first-order valence-corrected chi connectivity index (χ1v) is 13.8. The number of rotatable bonds is 0. The molecule has 0 saturated carbocycles. The Hall–Kier alpha value is -2.66. The first-order valence-electron chi connectivity index (χ1n) is 11.4. The van der Waals surface area contributed by atoms with Gasteiger partial charge in [-0.15, -0.1) is 0 Å². The normalized spacial score (nSPS) is 17.7. The third-order valence-corrected chi connectivity index (χ3v) is 7.76. The van der Waals surface area contributed by atoms with Gasteiger partial charge in [-0.3, -0.25) is 9.59 Å². The second kappa shape index (κ2) is 10.1. The number of ether oxygens (including phenoxy) is 2. The third kappa shape index (κ3) is 5.83. The predicted molar refractivity (Wildman–Crippen MR) is 149 cm³/mol. The lowest BCUT2D eigenvalue weighted by atomic mass is 10.2. The van der Waals surface area contributed by atoms with Gasteiger partial charge in [-0.2, -0.15) is 0 Å². The molecular weight excluding hydrogens is 571 g/mol. The van der Waals surface area contributed by atoms with E-state index in [2.05, 4.69) is 0 Å². The van der Waals surface area contributed by atoms with Gasteiger partial charge in [0.25, 0.3) is 11.8 Å². The van der Waals surface area contributed by atoms with Crippen molar-refractivity contribution in [3.05, 3.63) is 56.3 Å². The van der Waals surface area contributed by atoms with E-state index in [1.165, 1.54) is 12.1 Å². The van der Waals surface area contributed by atoms with E-state index in [0.717, 1.165) is 33.3 Å². The Morgan fingerprint density at radius 3 is 1.34 bits per heavy atom. The van der Waals surface area contributed by atoms with E-state index in [-0.39, 0.29) is 21.2 Å². The highest BCUT2D eigenvalue weighted by Crippen LogP contribution is 2.51. The zero-order chi connectivity index (χ0) is 28.2. The van der Waals surface area contributed by atoms with E-state index < -0.39 is 35.2 Å². The van der Waals surface area contributed by atoms with Gasteiger partial charge in [0.2, 0.25) is 0 Å². The van der Waals surface area contributed by atoms with Gasteiger partial charge in [-0.1, -0.05) is 46.7 Å². The lowest BCUT2D eigenvalue weighted by molar-refractivity contribution is -0.116. The Morgan fingerprint density at radius 2 is 1.03 bits per heavy atom. The number of nitrogens with zero attached hydrogens (tertiary/aromatic N) is 2. The number of fused-ring (bicyclic) bond motifs is 2. The molecule has 0 atom stereocenters. The van der Waals surface area contributed by atoms with Gasteiger partial charge in [0.05, 0.1) is 21.2 Å². The maximum absolute atomic E-state index is 13.8. The first-order chi connectivity index (χ1) is 17.6. The highest BCUT2D eigenvalue weighted by atomic mass is 35.5. The van der Waals surface area contributed by atoms with E-state index in [1.54, 1.807) is 65.8 Å². The number of hydrogen-bond donors (Lipinski definition) is 0. The number of thioether (sulfide) groups is 2. The zero-order valence-corrected chi connectivity index (χ0v) is 24.5. The van der Waals surface area contributed by atoms with Crippen molar-refractivity contribution in [1.29, 1.82) is 0 Å². The molecule has 2 aliphatic heterocycles. The number of imide groups is 2. The first kappa shape index (κ1) is 28.4. The topological polar surface area (TPSA) is 93.2 Å². The standard InChI is InChI=1S/C26H24Cl2N2O6S2/c1-25(2,3)35-23(33)29-15-9-7-13(27)11-17(15)37-19(21(29)31)20-22(32)30(24(34)36-26(4,5)6)16-10-8-14(28)12-18(16)38-20/h7-12H,1-6H3/b20-19+. The largest absolute Gasteiger partial charge is 0.443 e. The molecule has 0 N–H and O–H groups in total. The van der Waals surface area contributed by atoms with Crippen molar-refractivity contribution in [3.63, 3.8) is 0 Å². The molecule has 0 radical (unpaired) electrons. The molecule has 4 rings (SSSR count). The van der Waals surface area contributed by atoms with Gasteiger partial charge >= 0.3 is 12.2 Å².